The average Bonchev–Trinajstić information content (AvgIpc) is 2.36. The van der Waals surface area contributed by atoms with Crippen LogP contribution in [0, 0.1) is 0 Å². The minimum Gasteiger partial charge on any atom is -0.267 e. The van der Waals surface area contributed by atoms with Crippen LogP contribution >= 0.6 is 0 Å². The highest BCUT2D eigenvalue weighted by atomic mass is 16.1. The first-order chi connectivity index (χ1) is 4.88. The largest absolute Gasteiger partial charge is 0.279 e. The number of aromatic amines is 1. The summed E-state index contributed by atoms with van der Waals surface area (Å²) in [6.45, 7) is 0. The molecule has 0 aromatic carbocycles. The number of nitrogens with one attached hydrogen (secondary N) is 1. The fraction of sp³-hybridized carbons (Fsp3) is 0. The summed E-state index contributed by atoms with van der Waals surface area (Å²) < 4.78 is 1.27. The molecule has 2 heterocycles. The van der Waals surface area contributed by atoms with E-state index in [0.29, 0.717) is 5.78 Å². The third-order valence-corrected chi connectivity index (χ3v) is 1.12. The van der Waals surface area contributed by atoms with Gasteiger partial charge in [0.2, 0.25) is 0 Å². The lowest BCUT2D eigenvalue weighted by atomic mass is 10.8. The summed E-state index contributed by atoms with van der Waals surface area (Å²) in [5.74, 6) is 0.354. The van der Waals surface area contributed by atoms with Crippen LogP contribution in [-0.4, -0.2) is 24.8 Å². The van der Waals surface area contributed by atoms with E-state index in [1.807, 2.05) is 0 Å². The standard InChI is InChI=1S/C4H3N5O/c10-3-1-5-7-4-8-6-2-9(3)4/h1-2H,(H,7,8). The first-order valence-electron chi connectivity index (χ1n) is 2.61. The molecule has 2 aromatic rings. The van der Waals surface area contributed by atoms with Crippen molar-refractivity contribution in [2.75, 3.05) is 0 Å². The molecule has 0 saturated heterocycles. The first kappa shape index (κ1) is 5.10. The fourth-order valence-corrected chi connectivity index (χ4v) is 0.680. The zero-order valence-electron chi connectivity index (χ0n) is 4.85. The molecule has 0 fully saturated rings. The highest BCUT2D eigenvalue weighted by molar-refractivity contribution is 5.20. The normalized spacial score (nSPS) is 10.4. The summed E-state index contributed by atoms with van der Waals surface area (Å²) in [5.41, 5.74) is -0.237. The highest BCUT2D eigenvalue weighted by Crippen LogP contribution is 1.81. The molecule has 0 atom stereocenters. The maximum absolute atomic E-state index is 10.8. The Kier molecular flexibility index (Phi) is 0.830. The highest BCUT2D eigenvalue weighted by Gasteiger charge is 1.95. The van der Waals surface area contributed by atoms with Gasteiger partial charge in [-0.3, -0.25) is 4.79 Å². The Morgan fingerprint density at radius 1 is 1.60 bits per heavy atom. The number of hydrogen-bond donors (Lipinski definition) is 1. The van der Waals surface area contributed by atoms with Crippen molar-refractivity contribution in [1.29, 1.82) is 0 Å². The van der Waals surface area contributed by atoms with Crippen molar-refractivity contribution in [2.45, 2.75) is 0 Å². The van der Waals surface area contributed by atoms with Crippen LogP contribution in [-0.2, 0) is 0 Å². The van der Waals surface area contributed by atoms with E-state index in [1.165, 1.54) is 10.7 Å². The van der Waals surface area contributed by atoms with Crippen molar-refractivity contribution < 1.29 is 0 Å². The molecule has 10 heavy (non-hydrogen) atoms. The molecular formula is C4H3N5O. The number of rotatable bonds is 0. The second-order valence-corrected chi connectivity index (χ2v) is 1.73. The smallest absolute Gasteiger partial charge is 0.267 e. The Bertz CT molecular complexity index is 401. The van der Waals surface area contributed by atoms with Crippen LogP contribution in [0.15, 0.2) is 17.3 Å². The third-order valence-electron chi connectivity index (χ3n) is 1.12. The second-order valence-electron chi connectivity index (χ2n) is 1.73. The molecule has 6 nitrogen and oxygen atoms in total. The second kappa shape index (κ2) is 1.63. The Morgan fingerprint density at radius 3 is 3.30 bits per heavy atom. The Labute approximate surface area is 54.5 Å². The van der Waals surface area contributed by atoms with Gasteiger partial charge in [0.1, 0.15) is 12.5 Å². The average molecular weight is 137 g/mol. The lowest BCUT2D eigenvalue weighted by Gasteiger charge is -1.83. The van der Waals surface area contributed by atoms with Crippen LogP contribution in [0.3, 0.4) is 0 Å². The third kappa shape index (κ3) is 0.524. The van der Waals surface area contributed by atoms with Crippen molar-refractivity contribution in [3.05, 3.63) is 22.9 Å². The molecule has 0 unspecified atom stereocenters. The Balaban J connectivity index is 3.09. The monoisotopic (exact) mass is 137 g/mol. The predicted molar refractivity (Wildman–Crippen MR) is 31.4 cm³/mol. The van der Waals surface area contributed by atoms with Gasteiger partial charge in [-0.2, -0.15) is 5.10 Å². The number of fused-ring (bicyclic) bond motifs is 1. The molecule has 6 heteroatoms. The summed E-state index contributed by atoms with van der Waals surface area (Å²) in [6.07, 6.45) is 2.48. The van der Waals surface area contributed by atoms with Gasteiger partial charge in [-0.05, 0) is 0 Å². The van der Waals surface area contributed by atoms with Crippen molar-refractivity contribution in [2.24, 2.45) is 0 Å². The summed E-state index contributed by atoms with van der Waals surface area (Å²) in [6, 6.07) is 0. The molecular weight excluding hydrogens is 134 g/mol. The molecule has 0 spiro atoms. The van der Waals surface area contributed by atoms with Crippen LogP contribution in [0.5, 0.6) is 0 Å². The summed E-state index contributed by atoms with van der Waals surface area (Å²) in [5, 5.41) is 13.1. The molecule has 0 bridgehead atoms. The first-order valence-corrected chi connectivity index (χ1v) is 2.61. The van der Waals surface area contributed by atoms with E-state index in [-0.39, 0.29) is 5.56 Å². The molecule has 0 aliphatic carbocycles. The number of aromatic nitrogens is 5. The topological polar surface area (TPSA) is 75.9 Å². The van der Waals surface area contributed by atoms with Crippen LogP contribution in [0.4, 0.5) is 0 Å². The van der Waals surface area contributed by atoms with Gasteiger partial charge in [0.15, 0.2) is 0 Å². The fourth-order valence-electron chi connectivity index (χ4n) is 0.680. The Morgan fingerprint density at radius 2 is 2.50 bits per heavy atom. The zero-order valence-corrected chi connectivity index (χ0v) is 4.85. The SMILES string of the molecule is O=c1cnnc2[nH]ncn12. The van der Waals surface area contributed by atoms with Crippen molar-refractivity contribution in [1.82, 2.24) is 24.8 Å². The lowest BCUT2D eigenvalue weighted by molar-refractivity contribution is 0.933. The molecule has 0 radical (unpaired) electrons. The van der Waals surface area contributed by atoms with Gasteiger partial charge in [-0.1, -0.05) is 0 Å². The van der Waals surface area contributed by atoms with E-state index in [0.717, 1.165) is 6.20 Å². The van der Waals surface area contributed by atoms with E-state index < -0.39 is 0 Å². The zero-order chi connectivity index (χ0) is 6.97. The molecule has 0 amide bonds. The predicted octanol–water partition coefficient (Wildman–Crippen LogP) is -1.19. The van der Waals surface area contributed by atoms with Crippen LogP contribution in [0.25, 0.3) is 5.78 Å². The molecule has 0 aliphatic rings. The van der Waals surface area contributed by atoms with Crippen molar-refractivity contribution in [3.8, 4) is 0 Å². The van der Waals surface area contributed by atoms with Gasteiger partial charge in [-0.15, -0.1) is 10.2 Å². The molecule has 2 rings (SSSR count). The van der Waals surface area contributed by atoms with Crippen LogP contribution < -0.4 is 5.56 Å². The van der Waals surface area contributed by atoms with Gasteiger partial charge < -0.3 is 0 Å². The van der Waals surface area contributed by atoms with Gasteiger partial charge in [0.05, 0.1) is 0 Å². The minimum atomic E-state index is -0.237. The van der Waals surface area contributed by atoms with Crippen LogP contribution in [0.1, 0.15) is 0 Å². The Hall–Kier alpha value is -1.72. The quantitative estimate of drug-likeness (QED) is 0.495. The van der Waals surface area contributed by atoms with E-state index >= 15 is 0 Å². The maximum atomic E-state index is 10.8. The van der Waals surface area contributed by atoms with E-state index in [9.17, 15) is 4.79 Å². The van der Waals surface area contributed by atoms with Gasteiger partial charge in [-0.25, -0.2) is 9.50 Å². The maximum Gasteiger partial charge on any atom is 0.279 e. The molecule has 0 aliphatic heterocycles. The van der Waals surface area contributed by atoms with Gasteiger partial charge in [0, 0.05) is 0 Å². The van der Waals surface area contributed by atoms with E-state index in [1.54, 1.807) is 0 Å². The van der Waals surface area contributed by atoms with Crippen molar-refractivity contribution in [3.63, 3.8) is 0 Å². The summed E-state index contributed by atoms with van der Waals surface area (Å²) in [4.78, 5) is 10.8. The molecule has 50 valence electrons. The lowest BCUT2D eigenvalue weighted by Crippen LogP contribution is -2.12. The molecule has 0 saturated carbocycles. The van der Waals surface area contributed by atoms with Crippen LogP contribution in [0.2, 0.25) is 0 Å². The minimum absolute atomic E-state index is 0.237. The van der Waals surface area contributed by atoms with E-state index in [4.69, 9.17) is 0 Å². The van der Waals surface area contributed by atoms with E-state index in [2.05, 4.69) is 20.4 Å². The van der Waals surface area contributed by atoms with Crippen molar-refractivity contribution >= 4 is 5.78 Å². The summed E-state index contributed by atoms with van der Waals surface area (Å²) in [7, 11) is 0. The molecule has 2 aromatic heterocycles. The number of H-pyrrole nitrogens is 1. The summed E-state index contributed by atoms with van der Waals surface area (Å²) >= 11 is 0. The number of nitrogens with zero attached hydrogens (tertiary/aromatic N) is 4. The number of hydrogen-bond acceptors (Lipinski definition) is 4. The molecule has 1 N–H and O–H groups in total. The van der Waals surface area contributed by atoms with Gasteiger partial charge >= 0.3 is 0 Å². The van der Waals surface area contributed by atoms with Gasteiger partial charge in [0.25, 0.3) is 11.3 Å².